The molecule has 0 bridgehead atoms. The fraction of sp³-hybridized carbons (Fsp3) is 0.611. The van der Waals surface area contributed by atoms with Crippen molar-refractivity contribution in [2.24, 2.45) is 0 Å². The zero-order valence-corrected chi connectivity index (χ0v) is 12.8. The highest BCUT2D eigenvalue weighted by Crippen LogP contribution is 2.47. The molecule has 1 saturated carbocycles. The maximum Gasteiger partial charge on any atom is 0.314 e. The van der Waals surface area contributed by atoms with Crippen LogP contribution in [0.15, 0.2) is 24.3 Å². The number of hydrogen-bond donors (Lipinski definition) is 1. The van der Waals surface area contributed by atoms with E-state index in [4.69, 9.17) is 0 Å². The van der Waals surface area contributed by atoms with Crippen molar-refractivity contribution in [3.63, 3.8) is 0 Å². The summed E-state index contributed by atoms with van der Waals surface area (Å²) in [6, 6.07) is 8.32. The van der Waals surface area contributed by atoms with Gasteiger partial charge in [0.2, 0.25) is 0 Å². The molecule has 21 heavy (non-hydrogen) atoms. The van der Waals surface area contributed by atoms with Gasteiger partial charge in [-0.2, -0.15) is 0 Å². The molecule has 1 unspecified atom stereocenters. The third-order valence-electron chi connectivity index (χ3n) is 5.48. The maximum atomic E-state index is 11.9. The van der Waals surface area contributed by atoms with Gasteiger partial charge in [0.15, 0.2) is 0 Å². The Labute approximate surface area is 127 Å². The van der Waals surface area contributed by atoms with Crippen molar-refractivity contribution in [3.8, 4) is 0 Å². The highest BCUT2D eigenvalue weighted by molar-refractivity contribution is 5.83. The number of aliphatic carboxylic acids is 1. The van der Waals surface area contributed by atoms with Gasteiger partial charge < -0.3 is 10.0 Å². The summed E-state index contributed by atoms with van der Waals surface area (Å²) in [6.07, 6.45) is 6.15. The minimum atomic E-state index is -0.632. The summed E-state index contributed by atoms with van der Waals surface area (Å²) in [5.41, 5.74) is 1.79. The average Bonchev–Trinajstić information content (AvgIpc) is 2.62. The molecular weight excluding hydrogens is 262 g/mol. The van der Waals surface area contributed by atoms with Crippen molar-refractivity contribution in [2.45, 2.75) is 49.9 Å². The number of benzene rings is 1. The Morgan fingerprint density at radius 1 is 1.19 bits per heavy atom. The molecule has 1 heterocycles. The van der Waals surface area contributed by atoms with Crippen molar-refractivity contribution >= 4 is 5.97 Å². The molecule has 1 aliphatic carbocycles. The molecule has 1 aliphatic heterocycles. The summed E-state index contributed by atoms with van der Waals surface area (Å²) in [6.45, 7) is 2.27. The first-order valence-electron chi connectivity index (χ1n) is 8.15. The standard InChI is InChI=1S/C18H25NO2/c1-19-12-4-6-14(9-13-19)15-7-2-3-8-16(15)18(17(20)21)10-5-11-18/h2-3,7-8,14H,4-6,9-13H2,1H3,(H,20,21). The lowest BCUT2D eigenvalue weighted by atomic mass is 9.62. The van der Waals surface area contributed by atoms with Crippen molar-refractivity contribution in [1.82, 2.24) is 4.90 Å². The van der Waals surface area contributed by atoms with E-state index in [2.05, 4.69) is 30.1 Å². The van der Waals surface area contributed by atoms with Crippen LogP contribution in [-0.4, -0.2) is 36.1 Å². The fourth-order valence-electron chi connectivity index (χ4n) is 3.97. The van der Waals surface area contributed by atoms with Gasteiger partial charge in [0.25, 0.3) is 0 Å². The van der Waals surface area contributed by atoms with Crippen LogP contribution in [0.1, 0.15) is 55.6 Å². The van der Waals surface area contributed by atoms with E-state index in [0.29, 0.717) is 5.92 Å². The smallest absolute Gasteiger partial charge is 0.314 e. The number of hydrogen-bond acceptors (Lipinski definition) is 2. The highest BCUT2D eigenvalue weighted by Gasteiger charge is 2.47. The Bertz CT molecular complexity index is 522. The Kier molecular flexibility index (Phi) is 4.03. The third-order valence-corrected chi connectivity index (χ3v) is 5.48. The maximum absolute atomic E-state index is 11.9. The van der Waals surface area contributed by atoms with E-state index in [-0.39, 0.29) is 0 Å². The molecule has 1 aromatic rings. The second-order valence-electron chi connectivity index (χ2n) is 6.76. The van der Waals surface area contributed by atoms with Crippen LogP contribution in [0, 0.1) is 0 Å². The highest BCUT2D eigenvalue weighted by atomic mass is 16.4. The number of carboxylic acids is 1. The summed E-state index contributed by atoms with van der Waals surface area (Å²) in [5, 5.41) is 9.75. The largest absolute Gasteiger partial charge is 0.481 e. The molecule has 0 amide bonds. The van der Waals surface area contributed by atoms with Crippen molar-refractivity contribution in [1.29, 1.82) is 0 Å². The molecule has 0 aromatic heterocycles. The minimum absolute atomic E-state index is 0.517. The number of likely N-dealkylation sites (tertiary alicyclic amines) is 1. The van der Waals surface area contributed by atoms with Crippen molar-refractivity contribution in [3.05, 3.63) is 35.4 Å². The van der Waals surface area contributed by atoms with Crippen molar-refractivity contribution in [2.75, 3.05) is 20.1 Å². The lowest BCUT2D eigenvalue weighted by molar-refractivity contribution is -0.147. The van der Waals surface area contributed by atoms with Gasteiger partial charge in [-0.25, -0.2) is 0 Å². The summed E-state index contributed by atoms with van der Waals surface area (Å²) >= 11 is 0. The molecule has 0 spiro atoms. The lowest BCUT2D eigenvalue weighted by Crippen LogP contribution is -2.43. The summed E-state index contributed by atoms with van der Waals surface area (Å²) < 4.78 is 0. The normalized spacial score (nSPS) is 25.9. The second kappa shape index (κ2) is 5.80. The Hall–Kier alpha value is -1.35. The van der Waals surface area contributed by atoms with Crippen LogP contribution in [-0.2, 0) is 10.2 Å². The summed E-state index contributed by atoms with van der Waals surface area (Å²) in [4.78, 5) is 14.2. The van der Waals surface area contributed by atoms with Crippen LogP contribution in [0.4, 0.5) is 0 Å². The molecular formula is C18H25NO2. The quantitative estimate of drug-likeness (QED) is 0.926. The van der Waals surface area contributed by atoms with Crippen LogP contribution in [0.3, 0.4) is 0 Å². The van der Waals surface area contributed by atoms with Crippen LogP contribution in [0.25, 0.3) is 0 Å². The van der Waals surface area contributed by atoms with Gasteiger partial charge in [0.1, 0.15) is 0 Å². The van der Waals surface area contributed by atoms with Gasteiger partial charge in [-0.05, 0) is 69.3 Å². The Morgan fingerprint density at radius 2 is 1.95 bits per heavy atom. The molecule has 3 heteroatoms. The van der Waals surface area contributed by atoms with Crippen LogP contribution in [0.2, 0.25) is 0 Å². The zero-order chi connectivity index (χ0) is 14.9. The summed E-state index contributed by atoms with van der Waals surface area (Å²) in [5.74, 6) is -0.116. The van der Waals surface area contributed by atoms with Gasteiger partial charge in [-0.3, -0.25) is 4.79 Å². The van der Waals surface area contributed by atoms with Gasteiger partial charge >= 0.3 is 5.97 Å². The number of carboxylic acid groups (broad SMARTS) is 1. The third kappa shape index (κ3) is 2.59. The van der Waals surface area contributed by atoms with E-state index in [0.717, 1.165) is 44.3 Å². The Balaban J connectivity index is 1.94. The average molecular weight is 287 g/mol. The van der Waals surface area contributed by atoms with Crippen molar-refractivity contribution < 1.29 is 9.90 Å². The predicted molar refractivity (Wildman–Crippen MR) is 83.7 cm³/mol. The first-order valence-corrected chi connectivity index (χ1v) is 8.15. The zero-order valence-electron chi connectivity index (χ0n) is 12.8. The molecule has 2 aliphatic rings. The predicted octanol–water partition coefficient (Wildman–Crippen LogP) is 3.39. The number of rotatable bonds is 3. The monoisotopic (exact) mass is 287 g/mol. The molecule has 3 rings (SSSR count). The van der Waals surface area contributed by atoms with E-state index in [1.807, 2.05) is 6.07 Å². The van der Waals surface area contributed by atoms with E-state index >= 15 is 0 Å². The first-order chi connectivity index (χ1) is 10.1. The van der Waals surface area contributed by atoms with Crippen LogP contribution in [0.5, 0.6) is 0 Å². The molecule has 114 valence electrons. The molecule has 2 fully saturated rings. The summed E-state index contributed by atoms with van der Waals surface area (Å²) in [7, 11) is 2.18. The van der Waals surface area contributed by atoms with Gasteiger partial charge in [-0.15, -0.1) is 0 Å². The molecule has 1 aromatic carbocycles. The number of nitrogens with zero attached hydrogens (tertiary/aromatic N) is 1. The van der Waals surface area contributed by atoms with E-state index in [1.54, 1.807) is 0 Å². The minimum Gasteiger partial charge on any atom is -0.481 e. The van der Waals surface area contributed by atoms with E-state index in [1.165, 1.54) is 18.4 Å². The molecule has 0 radical (unpaired) electrons. The van der Waals surface area contributed by atoms with E-state index < -0.39 is 11.4 Å². The fourth-order valence-corrected chi connectivity index (χ4v) is 3.97. The molecule has 3 nitrogen and oxygen atoms in total. The number of carbonyl (C=O) groups is 1. The van der Waals surface area contributed by atoms with Gasteiger partial charge in [0, 0.05) is 0 Å². The topological polar surface area (TPSA) is 40.5 Å². The lowest BCUT2D eigenvalue weighted by Gasteiger charge is -2.40. The molecule has 1 saturated heterocycles. The second-order valence-corrected chi connectivity index (χ2v) is 6.76. The molecule has 1 N–H and O–H groups in total. The van der Waals surface area contributed by atoms with Crippen LogP contribution >= 0.6 is 0 Å². The van der Waals surface area contributed by atoms with Crippen LogP contribution < -0.4 is 0 Å². The molecule has 1 atom stereocenters. The van der Waals surface area contributed by atoms with Gasteiger partial charge in [0.05, 0.1) is 5.41 Å². The Morgan fingerprint density at radius 3 is 2.62 bits per heavy atom. The SMILES string of the molecule is CN1CCCC(c2ccccc2C2(C(=O)O)CCC2)CC1. The first kappa shape index (κ1) is 14.6. The van der Waals surface area contributed by atoms with E-state index in [9.17, 15) is 9.90 Å². The van der Waals surface area contributed by atoms with Gasteiger partial charge in [-0.1, -0.05) is 30.7 Å².